The first kappa shape index (κ1) is 16.1. The highest BCUT2D eigenvalue weighted by atomic mass is 16.7. The molecule has 0 spiro atoms. The average Bonchev–Trinajstić information content (AvgIpc) is 3.01. The molecule has 1 heterocycles. The van der Waals surface area contributed by atoms with E-state index in [-0.39, 0.29) is 31.6 Å². The van der Waals surface area contributed by atoms with E-state index in [1.54, 1.807) is 30.2 Å². The summed E-state index contributed by atoms with van der Waals surface area (Å²) in [4.78, 5) is 25.4. The summed E-state index contributed by atoms with van der Waals surface area (Å²) in [6.07, 6.45) is 0.135. The number of fused-ring (bicyclic) bond motifs is 1. The van der Waals surface area contributed by atoms with Gasteiger partial charge in [-0.05, 0) is 18.2 Å². The van der Waals surface area contributed by atoms with Crippen LogP contribution in [0.4, 0.5) is 0 Å². The van der Waals surface area contributed by atoms with Crippen molar-refractivity contribution in [3.05, 3.63) is 23.8 Å². The highest BCUT2D eigenvalue weighted by Crippen LogP contribution is 2.32. The van der Waals surface area contributed by atoms with Crippen molar-refractivity contribution >= 4 is 11.9 Å². The van der Waals surface area contributed by atoms with Gasteiger partial charge in [-0.25, -0.2) is 0 Å². The number of esters is 1. The molecule has 0 radical (unpaired) electrons. The number of amides is 1. The third-order valence-electron chi connectivity index (χ3n) is 3.29. The highest BCUT2D eigenvalue weighted by molar-refractivity contribution is 5.95. The van der Waals surface area contributed by atoms with Crippen LogP contribution in [-0.2, 0) is 14.3 Å². The summed E-state index contributed by atoms with van der Waals surface area (Å²) in [6, 6.07) is 5.01. The molecule has 7 nitrogen and oxygen atoms in total. The maximum Gasteiger partial charge on any atom is 0.307 e. The molecular weight excluding hydrogens is 290 g/mol. The number of rotatable bonds is 7. The Morgan fingerprint density at radius 1 is 1.18 bits per heavy atom. The maximum absolute atomic E-state index is 12.6. The van der Waals surface area contributed by atoms with Gasteiger partial charge < -0.3 is 23.8 Å². The molecule has 120 valence electrons. The van der Waals surface area contributed by atoms with Crippen LogP contribution in [0.15, 0.2) is 18.2 Å². The van der Waals surface area contributed by atoms with Gasteiger partial charge in [0.2, 0.25) is 6.79 Å². The summed E-state index contributed by atoms with van der Waals surface area (Å²) in [6.45, 7) is 1.20. The molecule has 7 heteroatoms. The lowest BCUT2D eigenvalue weighted by Gasteiger charge is -2.22. The largest absolute Gasteiger partial charge is 0.469 e. The molecule has 0 aliphatic carbocycles. The first-order valence-electron chi connectivity index (χ1n) is 6.90. The van der Waals surface area contributed by atoms with Gasteiger partial charge in [0.1, 0.15) is 0 Å². The third kappa shape index (κ3) is 3.88. The van der Waals surface area contributed by atoms with E-state index in [0.717, 1.165) is 0 Å². The molecule has 0 saturated carbocycles. The highest BCUT2D eigenvalue weighted by Gasteiger charge is 2.20. The van der Waals surface area contributed by atoms with Crippen LogP contribution in [0.25, 0.3) is 0 Å². The Morgan fingerprint density at radius 2 is 1.95 bits per heavy atom. The number of hydrogen-bond donors (Lipinski definition) is 0. The van der Waals surface area contributed by atoms with Gasteiger partial charge >= 0.3 is 5.97 Å². The standard InChI is InChI=1S/C15H19NO6/c1-19-8-7-16(6-5-14(17)20-2)15(18)11-3-4-12-13(9-11)22-10-21-12/h3-4,9H,5-8,10H2,1-2H3. The number of carbonyl (C=O) groups is 2. The van der Waals surface area contributed by atoms with E-state index in [2.05, 4.69) is 4.74 Å². The van der Waals surface area contributed by atoms with E-state index in [4.69, 9.17) is 14.2 Å². The zero-order valence-corrected chi connectivity index (χ0v) is 12.7. The van der Waals surface area contributed by atoms with Crippen molar-refractivity contribution in [1.29, 1.82) is 0 Å². The summed E-state index contributed by atoms with van der Waals surface area (Å²) in [5.74, 6) is 0.611. The quantitative estimate of drug-likeness (QED) is 0.701. The minimum absolute atomic E-state index is 0.135. The number of hydrogen-bond acceptors (Lipinski definition) is 6. The molecule has 1 aromatic rings. The predicted molar refractivity (Wildman–Crippen MR) is 77.0 cm³/mol. The Hall–Kier alpha value is -2.28. The van der Waals surface area contributed by atoms with E-state index in [1.807, 2.05) is 0 Å². The Morgan fingerprint density at radius 3 is 2.68 bits per heavy atom. The van der Waals surface area contributed by atoms with E-state index >= 15 is 0 Å². The molecule has 0 N–H and O–H groups in total. The van der Waals surface area contributed by atoms with Gasteiger partial charge in [0.05, 0.1) is 20.1 Å². The molecular formula is C15H19NO6. The van der Waals surface area contributed by atoms with Gasteiger partial charge in [-0.3, -0.25) is 9.59 Å². The summed E-state index contributed by atoms with van der Waals surface area (Å²) in [7, 11) is 2.88. The molecule has 22 heavy (non-hydrogen) atoms. The van der Waals surface area contributed by atoms with E-state index in [0.29, 0.717) is 30.2 Å². The van der Waals surface area contributed by atoms with Gasteiger partial charge in [-0.15, -0.1) is 0 Å². The second-order valence-corrected chi connectivity index (χ2v) is 4.68. The zero-order chi connectivity index (χ0) is 15.9. The average molecular weight is 309 g/mol. The monoisotopic (exact) mass is 309 g/mol. The fourth-order valence-corrected chi connectivity index (χ4v) is 2.06. The second kappa shape index (κ2) is 7.65. The zero-order valence-electron chi connectivity index (χ0n) is 12.7. The maximum atomic E-state index is 12.6. The van der Waals surface area contributed by atoms with Crippen molar-refractivity contribution in [3.63, 3.8) is 0 Å². The minimum atomic E-state index is -0.360. The Balaban J connectivity index is 2.08. The minimum Gasteiger partial charge on any atom is -0.469 e. The molecule has 0 atom stereocenters. The van der Waals surface area contributed by atoms with Crippen molar-refractivity contribution in [3.8, 4) is 11.5 Å². The Kier molecular flexibility index (Phi) is 5.60. The number of ether oxygens (including phenoxy) is 4. The molecule has 0 fully saturated rings. The van der Waals surface area contributed by atoms with E-state index in [9.17, 15) is 9.59 Å². The van der Waals surface area contributed by atoms with Crippen LogP contribution in [0, 0.1) is 0 Å². The van der Waals surface area contributed by atoms with E-state index in [1.165, 1.54) is 7.11 Å². The van der Waals surface area contributed by atoms with Crippen LogP contribution in [0.1, 0.15) is 16.8 Å². The number of methoxy groups -OCH3 is 2. The normalized spacial score (nSPS) is 12.1. The predicted octanol–water partition coefficient (Wildman–Crippen LogP) is 1.07. The smallest absolute Gasteiger partial charge is 0.307 e. The summed E-state index contributed by atoms with van der Waals surface area (Å²) < 4.78 is 20.1. The molecule has 0 bridgehead atoms. The molecule has 1 amide bonds. The Labute approximate surface area is 128 Å². The first-order chi connectivity index (χ1) is 10.7. The van der Waals surface area contributed by atoms with Crippen molar-refractivity contribution in [2.45, 2.75) is 6.42 Å². The Bertz CT molecular complexity index is 545. The van der Waals surface area contributed by atoms with Gasteiger partial charge in [0.25, 0.3) is 5.91 Å². The van der Waals surface area contributed by atoms with Crippen molar-refractivity contribution < 1.29 is 28.5 Å². The van der Waals surface area contributed by atoms with Gasteiger partial charge in [-0.1, -0.05) is 0 Å². The van der Waals surface area contributed by atoms with Crippen LogP contribution in [-0.4, -0.2) is 57.5 Å². The van der Waals surface area contributed by atoms with Gasteiger partial charge in [-0.2, -0.15) is 0 Å². The lowest BCUT2D eigenvalue weighted by molar-refractivity contribution is -0.140. The van der Waals surface area contributed by atoms with Crippen molar-refractivity contribution in [1.82, 2.24) is 4.90 Å². The molecule has 0 aromatic heterocycles. The lowest BCUT2D eigenvalue weighted by Crippen LogP contribution is -2.35. The van der Waals surface area contributed by atoms with Crippen molar-refractivity contribution in [2.75, 3.05) is 40.7 Å². The van der Waals surface area contributed by atoms with Crippen LogP contribution in [0.5, 0.6) is 11.5 Å². The fraction of sp³-hybridized carbons (Fsp3) is 0.467. The molecule has 1 aromatic carbocycles. The molecule has 1 aliphatic rings. The first-order valence-corrected chi connectivity index (χ1v) is 6.90. The molecule has 2 rings (SSSR count). The number of benzene rings is 1. The van der Waals surface area contributed by atoms with Crippen LogP contribution in [0.2, 0.25) is 0 Å². The summed E-state index contributed by atoms with van der Waals surface area (Å²) in [5, 5.41) is 0. The molecule has 0 unspecified atom stereocenters. The van der Waals surface area contributed by atoms with Gasteiger partial charge in [0.15, 0.2) is 11.5 Å². The second-order valence-electron chi connectivity index (χ2n) is 4.68. The fourth-order valence-electron chi connectivity index (χ4n) is 2.06. The molecule has 0 saturated heterocycles. The number of nitrogens with zero attached hydrogens (tertiary/aromatic N) is 1. The summed E-state index contributed by atoms with van der Waals surface area (Å²) in [5.41, 5.74) is 0.477. The van der Waals surface area contributed by atoms with Gasteiger partial charge in [0, 0.05) is 25.8 Å². The van der Waals surface area contributed by atoms with Crippen LogP contribution < -0.4 is 9.47 Å². The van der Waals surface area contributed by atoms with E-state index < -0.39 is 0 Å². The topological polar surface area (TPSA) is 74.3 Å². The summed E-state index contributed by atoms with van der Waals surface area (Å²) >= 11 is 0. The number of carbonyl (C=O) groups excluding carboxylic acids is 2. The van der Waals surface area contributed by atoms with Crippen LogP contribution in [0.3, 0.4) is 0 Å². The lowest BCUT2D eigenvalue weighted by atomic mass is 10.1. The molecule has 1 aliphatic heterocycles. The van der Waals surface area contributed by atoms with Crippen molar-refractivity contribution in [2.24, 2.45) is 0 Å². The van der Waals surface area contributed by atoms with Crippen LogP contribution >= 0.6 is 0 Å². The SMILES string of the molecule is COCCN(CCC(=O)OC)C(=O)c1ccc2c(c1)OCO2. The third-order valence-corrected chi connectivity index (χ3v) is 3.29.